The first-order valence-corrected chi connectivity index (χ1v) is 13.1. The van der Waals surface area contributed by atoms with Crippen LogP contribution in [0.4, 0.5) is 0 Å². The first-order valence-electron chi connectivity index (χ1n) is 10.9. The van der Waals surface area contributed by atoms with Gasteiger partial charge >= 0.3 is 0 Å². The molecule has 10 heteroatoms. The molecule has 2 saturated heterocycles. The first-order chi connectivity index (χ1) is 15.2. The van der Waals surface area contributed by atoms with Crippen LogP contribution in [0.5, 0.6) is 5.75 Å². The monoisotopic (exact) mass is 524 g/mol. The smallest absolute Gasteiger partial charge is 0.273 e. The van der Waals surface area contributed by atoms with E-state index in [1.807, 2.05) is 18.7 Å². The fourth-order valence-electron chi connectivity index (χ4n) is 4.77. The second kappa shape index (κ2) is 8.79. The van der Waals surface area contributed by atoms with E-state index in [2.05, 4.69) is 21.0 Å². The lowest BCUT2D eigenvalue weighted by Crippen LogP contribution is -2.44. The van der Waals surface area contributed by atoms with Gasteiger partial charge in [-0.2, -0.15) is 9.40 Å². The van der Waals surface area contributed by atoms with Crippen LogP contribution in [0.3, 0.4) is 0 Å². The number of sulfonamides is 1. The van der Waals surface area contributed by atoms with Crippen molar-refractivity contribution in [1.82, 2.24) is 19.0 Å². The summed E-state index contributed by atoms with van der Waals surface area (Å²) >= 11 is 3.53. The number of aryl methyl sites for hydroxylation is 2. The number of methoxy groups -OCH3 is 1. The number of ether oxygens (including phenoxy) is 1. The van der Waals surface area contributed by atoms with Crippen molar-refractivity contribution in [2.24, 2.45) is 5.41 Å². The summed E-state index contributed by atoms with van der Waals surface area (Å²) in [5, 5.41) is 4.44. The number of nitrogens with zero attached hydrogens (tertiary/aromatic N) is 4. The van der Waals surface area contributed by atoms with Crippen molar-refractivity contribution >= 4 is 31.9 Å². The van der Waals surface area contributed by atoms with E-state index in [9.17, 15) is 13.2 Å². The summed E-state index contributed by atoms with van der Waals surface area (Å²) in [7, 11) is -2.05. The quantitative estimate of drug-likeness (QED) is 0.598. The van der Waals surface area contributed by atoms with Gasteiger partial charge in [-0.1, -0.05) is 6.07 Å². The third kappa shape index (κ3) is 4.08. The highest BCUT2D eigenvalue weighted by atomic mass is 79.9. The van der Waals surface area contributed by atoms with Gasteiger partial charge in [0.25, 0.3) is 5.91 Å². The second-order valence-electron chi connectivity index (χ2n) is 8.62. The van der Waals surface area contributed by atoms with E-state index >= 15 is 0 Å². The van der Waals surface area contributed by atoms with Crippen molar-refractivity contribution in [2.75, 3.05) is 33.3 Å². The van der Waals surface area contributed by atoms with Crippen LogP contribution >= 0.6 is 15.9 Å². The normalized spacial score (nSPS) is 18.9. The van der Waals surface area contributed by atoms with Crippen molar-refractivity contribution in [2.45, 2.75) is 44.6 Å². The molecule has 1 aromatic heterocycles. The first kappa shape index (κ1) is 23.3. The molecule has 0 aliphatic carbocycles. The standard InChI is InChI=1S/C22H29BrN4O4S/c1-4-27-20(19(23)16(2)24-27)21(28)25-11-8-22(15-25)9-12-26(13-10-22)32(29,30)18-7-5-6-17(14-18)31-3/h5-7,14H,4,8-13,15H2,1-3H3. The van der Waals surface area contributed by atoms with Crippen LogP contribution < -0.4 is 4.74 Å². The van der Waals surface area contributed by atoms with Crippen LogP contribution in [-0.2, 0) is 16.6 Å². The van der Waals surface area contributed by atoms with Gasteiger partial charge in [0.1, 0.15) is 11.4 Å². The lowest BCUT2D eigenvalue weighted by molar-refractivity contribution is 0.0737. The number of piperidine rings is 1. The van der Waals surface area contributed by atoms with E-state index in [-0.39, 0.29) is 16.2 Å². The third-order valence-electron chi connectivity index (χ3n) is 6.74. The number of carbonyl (C=O) groups is 1. The molecule has 0 unspecified atom stereocenters. The molecule has 8 nitrogen and oxygen atoms in total. The summed E-state index contributed by atoms with van der Waals surface area (Å²) in [6.45, 7) is 6.73. The number of hydrogen-bond donors (Lipinski definition) is 0. The van der Waals surface area contributed by atoms with Crippen LogP contribution in [0, 0.1) is 12.3 Å². The van der Waals surface area contributed by atoms with Crippen molar-refractivity contribution in [1.29, 1.82) is 0 Å². The average molecular weight is 525 g/mol. The Kier molecular flexibility index (Phi) is 6.39. The molecule has 0 atom stereocenters. The molecule has 1 amide bonds. The summed E-state index contributed by atoms with van der Waals surface area (Å²) in [4.78, 5) is 15.4. The minimum atomic E-state index is -3.57. The highest BCUT2D eigenvalue weighted by molar-refractivity contribution is 9.10. The number of aromatic nitrogens is 2. The van der Waals surface area contributed by atoms with E-state index in [0.717, 1.165) is 29.4 Å². The molecule has 3 heterocycles. The van der Waals surface area contributed by atoms with Crippen LogP contribution in [0.15, 0.2) is 33.6 Å². The van der Waals surface area contributed by atoms with E-state index in [1.165, 1.54) is 7.11 Å². The summed E-state index contributed by atoms with van der Waals surface area (Å²) < 4.78 is 35.5. The molecule has 0 N–H and O–H groups in total. The van der Waals surface area contributed by atoms with E-state index in [1.54, 1.807) is 33.3 Å². The van der Waals surface area contributed by atoms with Gasteiger partial charge in [-0.05, 0) is 66.6 Å². The number of amides is 1. The molecule has 2 aromatic rings. The molecule has 32 heavy (non-hydrogen) atoms. The molecule has 1 aromatic carbocycles. The minimum absolute atomic E-state index is 0.0115. The molecule has 4 rings (SSSR count). The average Bonchev–Trinajstić information content (AvgIpc) is 3.34. The highest BCUT2D eigenvalue weighted by Crippen LogP contribution is 2.42. The number of benzene rings is 1. The Hall–Kier alpha value is -1.91. The number of rotatable bonds is 5. The number of halogens is 1. The molecular weight excluding hydrogens is 496 g/mol. The van der Waals surface area contributed by atoms with Crippen LogP contribution in [0.1, 0.15) is 42.4 Å². The Morgan fingerprint density at radius 3 is 2.56 bits per heavy atom. The molecule has 2 fully saturated rings. The zero-order valence-electron chi connectivity index (χ0n) is 18.7. The van der Waals surface area contributed by atoms with Gasteiger partial charge in [0.05, 0.1) is 22.2 Å². The molecule has 174 valence electrons. The van der Waals surface area contributed by atoms with Crippen LogP contribution in [0.25, 0.3) is 0 Å². The van der Waals surface area contributed by atoms with E-state index in [4.69, 9.17) is 4.74 Å². The zero-order valence-corrected chi connectivity index (χ0v) is 21.1. The van der Waals surface area contributed by atoms with Gasteiger partial charge in [0.2, 0.25) is 10.0 Å². The Bertz CT molecular complexity index is 1120. The maximum Gasteiger partial charge on any atom is 0.273 e. The fraction of sp³-hybridized carbons (Fsp3) is 0.545. The van der Waals surface area contributed by atoms with Gasteiger partial charge in [-0.25, -0.2) is 8.42 Å². The summed E-state index contributed by atoms with van der Waals surface area (Å²) in [6.07, 6.45) is 2.38. The van der Waals surface area contributed by atoms with Gasteiger partial charge in [-0.3, -0.25) is 9.48 Å². The lowest BCUT2D eigenvalue weighted by Gasteiger charge is -2.38. The molecular formula is C22H29BrN4O4S. The SMILES string of the molecule is CCn1nc(C)c(Br)c1C(=O)N1CCC2(CCN(S(=O)(=O)c3cccc(OC)c3)CC2)C1. The Morgan fingerprint density at radius 2 is 1.91 bits per heavy atom. The summed E-state index contributed by atoms with van der Waals surface area (Å²) in [6, 6.07) is 6.60. The number of hydrogen-bond acceptors (Lipinski definition) is 5. The molecule has 0 saturated carbocycles. The largest absolute Gasteiger partial charge is 0.497 e. The molecule has 1 spiro atoms. The molecule has 0 radical (unpaired) electrons. The molecule has 2 aliphatic heterocycles. The van der Waals surface area contributed by atoms with Gasteiger partial charge in [0.15, 0.2) is 0 Å². The van der Waals surface area contributed by atoms with Crippen molar-refractivity contribution < 1.29 is 17.9 Å². The summed E-state index contributed by atoms with van der Waals surface area (Å²) in [5.41, 5.74) is 1.37. The Morgan fingerprint density at radius 1 is 1.22 bits per heavy atom. The maximum atomic E-state index is 13.3. The van der Waals surface area contributed by atoms with Gasteiger partial charge in [0, 0.05) is 38.8 Å². The third-order valence-corrected chi connectivity index (χ3v) is 9.59. The topological polar surface area (TPSA) is 84.7 Å². The maximum absolute atomic E-state index is 13.3. The Labute approximate surface area is 197 Å². The van der Waals surface area contributed by atoms with Crippen molar-refractivity contribution in [3.8, 4) is 5.75 Å². The summed E-state index contributed by atoms with van der Waals surface area (Å²) in [5.74, 6) is 0.514. The molecule has 2 aliphatic rings. The van der Waals surface area contributed by atoms with Gasteiger partial charge in [-0.15, -0.1) is 0 Å². The Balaban J connectivity index is 1.45. The van der Waals surface area contributed by atoms with Crippen LogP contribution in [0.2, 0.25) is 0 Å². The van der Waals surface area contributed by atoms with Crippen LogP contribution in [-0.4, -0.2) is 66.6 Å². The fourth-order valence-corrected chi connectivity index (χ4v) is 6.70. The predicted molar refractivity (Wildman–Crippen MR) is 124 cm³/mol. The second-order valence-corrected chi connectivity index (χ2v) is 11.4. The number of carbonyl (C=O) groups excluding carboxylic acids is 1. The number of likely N-dealkylation sites (tertiary alicyclic amines) is 1. The lowest BCUT2D eigenvalue weighted by atomic mass is 9.78. The minimum Gasteiger partial charge on any atom is -0.497 e. The van der Waals surface area contributed by atoms with Gasteiger partial charge < -0.3 is 9.64 Å². The van der Waals surface area contributed by atoms with Crippen molar-refractivity contribution in [3.63, 3.8) is 0 Å². The molecule has 0 bridgehead atoms. The zero-order chi connectivity index (χ0) is 23.1. The highest BCUT2D eigenvalue weighted by Gasteiger charge is 2.45. The van der Waals surface area contributed by atoms with Crippen molar-refractivity contribution in [3.05, 3.63) is 40.1 Å². The van der Waals surface area contributed by atoms with E-state index in [0.29, 0.717) is 44.2 Å². The van der Waals surface area contributed by atoms with E-state index < -0.39 is 10.0 Å². The predicted octanol–water partition coefficient (Wildman–Crippen LogP) is 3.30.